The van der Waals surface area contributed by atoms with Crippen molar-refractivity contribution < 1.29 is 0 Å². The summed E-state index contributed by atoms with van der Waals surface area (Å²) < 4.78 is 0. The van der Waals surface area contributed by atoms with Gasteiger partial charge in [0.25, 0.3) is 0 Å². The van der Waals surface area contributed by atoms with E-state index in [1.165, 1.54) is 66.8 Å². The lowest BCUT2D eigenvalue weighted by atomic mass is 9.70. The van der Waals surface area contributed by atoms with Crippen molar-refractivity contribution in [2.45, 2.75) is 10.8 Å². The lowest BCUT2D eigenvalue weighted by Gasteiger charge is -2.31. The summed E-state index contributed by atoms with van der Waals surface area (Å²) in [7, 11) is 0. The number of aromatic nitrogens is 6. The Hall–Kier alpha value is -15.5. The van der Waals surface area contributed by atoms with Gasteiger partial charge in [-0.3, -0.25) is 0 Å². The van der Waals surface area contributed by atoms with Crippen LogP contribution in [0.1, 0.15) is 44.5 Å². The molecule has 0 saturated carbocycles. The first-order chi connectivity index (χ1) is 56.4. The predicted octanol–water partition coefficient (Wildman–Crippen LogP) is 26.2. The van der Waals surface area contributed by atoms with E-state index in [4.69, 9.17) is 43.0 Å². The average molecular weight is 1450 g/mol. The quantitative estimate of drug-likeness (QED) is 0.127. The maximum absolute atomic E-state index is 8.19. The van der Waals surface area contributed by atoms with Gasteiger partial charge < -0.3 is 0 Å². The molecule has 528 valence electrons. The Kier molecular flexibility index (Phi) is 16.0. The summed E-state index contributed by atoms with van der Waals surface area (Å²) >= 11 is 0. The van der Waals surface area contributed by atoms with Crippen LogP contribution in [0, 0.1) is 13.1 Å². The van der Waals surface area contributed by atoms with Crippen LogP contribution in [0.4, 0.5) is 11.4 Å². The van der Waals surface area contributed by atoms with Gasteiger partial charge in [-0.2, -0.15) is 0 Å². The third-order valence-corrected chi connectivity index (χ3v) is 23.2. The van der Waals surface area contributed by atoms with E-state index in [-0.39, 0.29) is 0 Å². The highest BCUT2D eigenvalue weighted by Gasteiger charge is 2.54. The SMILES string of the molecule is [C-]#[N+]c1cccc2c1-c1cc(-c3ccc(-c4nc(-c5ccccc5)nc(-c5ccccc5)n4)cc3)ccc1C21c2ccccc2-c2ccccc21.[C-]#[N+]c1cccc2c1-c1ccc(-c3ccc(-c4nc(-c5ccc(-c6ccccc6)cc5)nc(-c5ccc(-c6ccccc6)cc5)n4)cc3)cc1C21c2ccccc2-c2ccccc21. The first-order valence-corrected chi connectivity index (χ1v) is 38.3. The van der Waals surface area contributed by atoms with Crippen molar-refractivity contribution in [3.05, 3.63) is 456 Å². The lowest BCUT2D eigenvalue weighted by molar-refractivity contribution is 0.794. The molecule has 4 aliphatic rings. The summed E-state index contributed by atoms with van der Waals surface area (Å²) in [6.45, 7) is 16.4. The van der Waals surface area contributed by atoms with Crippen LogP contribution in [0.25, 0.3) is 167 Å². The van der Waals surface area contributed by atoms with E-state index in [9.17, 15) is 0 Å². The van der Waals surface area contributed by atoms with Crippen LogP contribution in [0.2, 0.25) is 0 Å². The van der Waals surface area contributed by atoms with Crippen molar-refractivity contribution in [3.63, 3.8) is 0 Å². The van der Waals surface area contributed by atoms with Gasteiger partial charge in [0.05, 0.1) is 24.0 Å². The Morgan fingerprint density at radius 2 is 0.404 bits per heavy atom. The van der Waals surface area contributed by atoms with Gasteiger partial charge in [0.15, 0.2) is 46.3 Å². The zero-order valence-corrected chi connectivity index (χ0v) is 61.5. The van der Waals surface area contributed by atoms with Gasteiger partial charge in [-0.1, -0.05) is 376 Å². The molecule has 0 N–H and O–H groups in total. The van der Waals surface area contributed by atoms with Crippen LogP contribution < -0.4 is 0 Å². The second-order valence-electron chi connectivity index (χ2n) is 29.2. The van der Waals surface area contributed by atoms with Crippen LogP contribution in [-0.4, -0.2) is 29.9 Å². The maximum Gasteiger partial charge on any atom is 0.195 e. The predicted molar refractivity (Wildman–Crippen MR) is 459 cm³/mol. The van der Waals surface area contributed by atoms with E-state index in [1.54, 1.807) is 0 Å². The van der Waals surface area contributed by atoms with Crippen molar-refractivity contribution >= 4 is 11.4 Å². The third-order valence-electron chi connectivity index (χ3n) is 23.2. The van der Waals surface area contributed by atoms with E-state index in [1.807, 2.05) is 97.1 Å². The lowest BCUT2D eigenvalue weighted by Crippen LogP contribution is -2.25. The fourth-order valence-electron chi connectivity index (χ4n) is 18.1. The molecule has 22 rings (SSSR count). The molecule has 4 aliphatic carbocycles. The smallest absolute Gasteiger partial charge is 0.195 e. The molecule has 0 atom stereocenters. The number of fused-ring (bicyclic) bond motifs is 20. The molecule has 2 heterocycles. The van der Waals surface area contributed by atoms with Crippen molar-refractivity contribution in [1.29, 1.82) is 0 Å². The van der Waals surface area contributed by atoms with Crippen LogP contribution in [-0.2, 0) is 10.8 Å². The first kappa shape index (κ1) is 66.7. The maximum atomic E-state index is 8.19. The Morgan fingerprint density at radius 3 is 0.754 bits per heavy atom. The highest BCUT2D eigenvalue weighted by molar-refractivity contribution is 6.02. The minimum absolute atomic E-state index is 0.480. The molecule has 114 heavy (non-hydrogen) atoms. The fraction of sp³-hybridized carbons (Fsp3) is 0.0189. The Morgan fingerprint density at radius 1 is 0.167 bits per heavy atom. The normalized spacial score (nSPS) is 12.7. The van der Waals surface area contributed by atoms with Gasteiger partial charge in [0.2, 0.25) is 0 Å². The summed E-state index contributed by atoms with van der Waals surface area (Å²) in [5.41, 5.74) is 33.9. The first-order valence-electron chi connectivity index (χ1n) is 38.3. The van der Waals surface area contributed by atoms with Gasteiger partial charge in [-0.25, -0.2) is 39.6 Å². The largest absolute Gasteiger partial charge is 0.238 e. The Balaban J connectivity index is 0.000000146. The Bertz CT molecular complexity index is 6700. The second kappa shape index (κ2) is 27.3. The molecular weight excluding hydrogens is 1390 g/mol. The van der Waals surface area contributed by atoms with Crippen molar-refractivity contribution in [2.24, 2.45) is 0 Å². The van der Waals surface area contributed by atoms with E-state index in [0.29, 0.717) is 46.3 Å². The van der Waals surface area contributed by atoms with Crippen molar-refractivity contribution in [2.75, 3.05) is 0 Å². The minimum atomic E-state index is -0.537. The number of hydrogen-bond acceptors (Lipinski definition) is 6. The minimum Gasteiger partial charge on any atom is -0.238 e. The molecular formula is C106H64N8. The van der Waals surface area contributed by atoms with Crippen molar-refractivity contribution in [3.8, 4) is 157 Å². The molecule has 0 bridgehead atoms. The number of benzene rings is 16. The molecule has 8 nitrogen and oxygen atoms in total. The number of rotatable bonds is 10. The molecule has 2 aromatic heterocycles. The Labute approximate surface area is 660 Å². The zero-order valence-electron chi connectivity index (χ0n) is 61.5. The number of hydrogen-bond donors (Lipinski definition) is 0. The molecule has 18 aromatic rings. The summed E-state index contributed by atoms with van der Waals surface area (Å²) in [6, 6.07) is 136. The van der Waals surface area contributed by atoms with E-state index >= 15 is 0 Å². The second-order valence-corrected chi connectivity index (χ2v) is 29.2. The van der Waals surface area contributed by atoms with Crippen LogP contribution in [0.5, 0.6) is 0 Å². The highest BCUT2D eigenvalue weighted by atomic mass is 15.0. The molecule has 0 amide bonds. The molecule has 0 radical (unpaired) electrons. The molecule has 8 heteroatoms. The molecule has 0 saturated heterocycles. The van der Waals surface area contributed by atoms with Gasteiger partial charge in [0, 0.05) is 33.4 Å². The van der Waals surface area contributed by atoms with Crippen LogP contribution in [0.15, 0.2) is 388 Å². The molecule has 0 aliphatic heterocycles. The van der Waals surface area contributed by atoms with E-state index in [0.717, 1.165) is 100 Å². The summed E-state index contributed by atoms with van der Waals surface area (Å²) in [4.78, 5) is 38.0. The van der Waals surface area contributed by atoms with Crippen LogP contribution >= 0.6 is 0 Å². The third kappa shape index (κ3) is 10.7. The van der Waals surface area contributed by atoms with Gasteiger partial charge >= 0.3 is 0 Å². The molecule has 2 spiro atoms. The molecule has 16 aromatic carbocycles. The summed E-state index contributed by atoms with van der Waals surface area (Å²) in [5.74, 6) is 3.74. The van der Waals surface area contributed by atoms with Gasteiger partial charge in [-0.05, 0) is 146 Å². The van der Waals surface area contributed by atoms with Gasteiger partial charge in [0.1, 0.15) is 0 Å². The average Bonchev–Trinajstić information content (AvgIpc) is 1.51. The van der Waals surface area contributed by atoms with Crippen molar-refractivity contribution in [1.82, 2.24) is 29.9 Å². The monoisotopic (exact) mass is 1450 g/mol. The summed E-state index contributed by atoms with van der Waals surface area (Å²) in [5, 5.41) is 0. The zero-order chi connectivity index (χ0) is 75.9. The number of nitrogens with zero attached hydrogens (tertiary/aromatic N) is 8. The highest BCUT2D eigenvalue weighted by Crippen LogP contribution is 2.66. The standard InChI is InChI=1S/C59H36N4.C47H28N4/c1-60-54-22-12-21-52-55(54)49-36-35-46(37-53(49)59(52)50-19-10-8-17-47(50)48-18-9-11-20-51(48)59)42-27-33-45(34-28-42)58-62-56(43-29-23-40(24-30-43)38-13-4-2-5-14-38)61-57(63-58)44-31-25-41(26-32-44)39-15-6-3-7-16-39;1-48-42-22-12-21-41-43(42)37-29-34(27-28-40(37)47(41)38-19-10-8-17-35(38)36-18-9-11-20-39(36)47)30-23-25-33(26-24-30)46-50-44(31-13-4-2-5-14-31)49-45(51-46)32-15-6-3-7-16-32/h2-37H;2-29H. The van der Waals surface area contributed by atoms with Crippen LogP contribution in [0.3, 0.4) is 0 Å². The molecule has 0 fully saturated rings. The fourth-order valence-corrected chi connectivity index (χ4v) is 18.1. The summed E-state index contributed by atoms with van der Waals surface area (Å²) in [6.07, 6.45) is 0. The van der Waals surface area contributed by atoms with Gasteiger partial charge in [-0.15, -0.1) is 0 Å². The van der Waals surface area contributed by atoms with E-state index in [2.05, 4.69) is 301 Å². The van der Waals surface area contributed by atoms with E-state index < -0.39 is 10.8 Å². The molecule has 0 unspecified atom stereocenters. The topological polar surface area (TPSA) is 86.1 Å².